The van der Waals surface area contributed by atoms with Gasteiger partial charge in [-0.15, -0.1) is 0 Å². The molecule has 0 unspecified atom stereocenters. The molecule has 3 atom stereocenters. The Bertz CT molecular complexity index is 278. The molecule has 0 N–H and O–H groups in total. The van der Waals surface area contributed by atoms with Gasteiger partial charge >= 0.3 is 0 Å². The number of hydrogen-bond acceptors (Lipinski definition) is 4. The standard InChI is InChI=1S/C9H15NO4/c1-8(2)13-5-7(14-8)6-4-9(6,3)10(11)12/h6-7H,4-5H2,1-3H3/t6-,7+,9-/m0/s1. The van der Waals surface area contributed by atoms with Crippen LogP contribution in [0.25, 0.3) is 0 Å². The van der Waals surface area contributed by atoms with Crippen molar-refractivity contribution in [2.75, 3.05) is 6.61 Å². The third-order valence-corrected chi connectivity index (χ3v) is 3.17. The highest BCUT2D eigenvalue weighted by Gasteiger charge is 2.67. The molecule has 0 aromatic heterocycles. The van der Waals surface area contributed by atoms with Crippen LogP contribution in [0.2, 0.25) is 0 Å². The monoisotopic (exact) mass is 201 g/mol. The van der Waals surface area contributed by atoms with Crippen molar-refractivity contribution in [3.8, 4) is 0 Å². The normalized spacial score (nSPS) is 45.1. The highest BCUT2D eigenvalue weighted by molar-refractivity contribution is 5.05. The minimum Gasteiger partial charge on any atom is -0.348 e. The molecule has 1 aliphatic heterocycles. The van der Waals surface area contributed by atoms with Crippen molar-refractivity contribution in [3.05, 3.63) is 10.1 Å². The summed E-state index contributed by atoms with van der Waals surface area (Å²) < 4.78 is 11.0. The average molecular weight is 201 g/mol. The Morgan fingerprint density at radius 2 is 2.07 bits per heavy atom. The van der Waals surface area contributed by atoms with E-state index in [4.69, 9.17) is 9.47 Å². The van der Waals surface area contributed by atoms with E-state index in [-0.39, 0.29) is 16.9 Å². The summed E-state index contributed by atoms with van der Waals surface area (Å²) in [4.78, 5) is 10.5. The fourth-order valence-electron chi connectivity index (χ4n) is 2.04. The lowest BCUT2D eigenvalue weighted by atomic mass is 10.1. The Morgan fingerprint density at radius 1 is 1.43 bits per heavy atom. The first kappa shape index (κ1) is 9.86. The summed E-state index contributed by atoms with van der Waals surface area (Å²) in [5.74, 6) is -0.565. The molecule has 0 spiro atoms. The second kappa shape index (κ2) is 2.67. The molecule has 0 aromatic rings. The summed E-state index contributed by atoms with van der Waals surface area (Å²) in [5.41, 5.74) is -0.783. The van der Waals surface area contributed by atoms with Gasteiger partial charge in [-0.25, -0.2) is 0 Å². The van der Waals surface area contributed by atoms with Crippen LogP contribution in [-0.2, 0) is 9.47 Å². The van der Waals surface area contributed by atoms with Gasteiger partial charge in [0.2, 0.25) is 5.54 Å². The Kier molecular flexibility index (Phi) is 1.88. The third-order valence-electron chi connectivity index (χ3n) is 3.17. The Balaban J connectivity index is 1.98. The summed E-state index contributed by atoms with van der Waals surface area (Å²) in [7, 11) is 0. The van der Waals surface area contributed by atoms with Gasteiger partial charge in [0.05, 0.1) is 18.6 Å². The highest BCUT2D eigenvalue weighted by Crippen LogP contribution is 2.51. The second-order valence-electron chi connectivity index (χ2n) is 4.79. The van der Waals surface area contributed by atoms with Crippen LogP contribution < -0.4 is 0 Å². The van der Waals surface area contributed by atoms with Crippen molar-refractivity contribution in [1.29, 1.82) is 0 Å². The highest BCUT2D eigenvalue weighted by atomic mass is 16.7. The molecule has 80 valence electrons. The third kappa shape index (κ3) is 1.40. The van der Waals surface area contributed by atoms with Gasteiger partial charge in [0, 0.05) is 18.3 Å². The van der Waals surface area contributed by atoms with E-state index in [0.717, 1.165) is 0 Å². The molecule has 5 heteroatoms. The van der Waals surface area contributed by atoms with Crippen molar-refractivity contribution >= 4 is 0 Å². The van der Waals surface area contributed by atoms with Gasteiger partial charge in [0.15, 0.2) is 5.79 Å². The molecule has 2 rings (SSSR count). The molecule has 1 aliphatic carbocycles. The van der Waals surface area contributed by atoms with E-state index in [1.807, 2.05) is 13.8 Å². The van der Waals surface area contributed by atoms with Crippen molar-refractivity contribution in [2.45, 2.75) is 44.6 Å². The fraction of sp³-hybridized carbons (Fsp3) is 1.00. The van der Waals surface area contributed by atoms with Crippen LogP contribution in [0.3, 0.4) is 0 Å². The van der Waals surface area contributed by atoms with Crippen molar-refractivity contribution < 1.29 is 14.4 Å². The van der Waals surface area contributed by atoms with Crippen LogP contribution in [0, 0.1) is 16.0 Å². The maximum atomic E-state index is 10.7. The zero-order valence-corrected chi connectivity index (χ0v) is 8.65. The molecular formula is C9H15NO4. The minimum atomic E-state index is -0.783. The first-order valence-electron chi connectivity index (χ1n) is 4.81. The minimum absolute atomic E-state index is 0.0132. The van der Waals surface area contributed by atoms with E-state index in [1.165, 1.54) is 0 Å². The van der Waals surface area contributed by atoms with E-state index in [9.17, 15) is 10.1 Å². The molecule has 0 bridgehead atoms. The molecule has 1 heterocycles. The van der Waals surface area contributed by atoms with Gasteiger partial charge in [-0.1, -0.05) is 0 Å². The number of nitro groups is 1. The molecule has 0 aromatic carbocycles. The van der Waals surface area contributed by atoms with Crippen LogP contribution >= 0.6 is 0 Å². The Morgan fingerprint density at radius 3 is 2.43 bits per heavy atom. The molecule has 1 saturated heterocycles. The predicted octanol–water partition coefficient (Wildman–Crippen LogP) is 1.19. The lowest BCUT2D eigenvalue weighted by Gasteiger charge is -2.17. The number of hydrogen-bond donors (Lipinski definition) is 0. The van der Waals surface area contributed by atoms with E-state index in [2.05, 4.69) is 0 Å². The number of ether oxygens (including phenoxy) is 2. The van der Waals surface area contributed by atoms with Crippen LogP contribution in [0.5, 0.6) is 0 Å². The van der Waals surface area contributed by atoms with E-state index in [0.29, 0.717) is 13.0 Å². The fourth-order valence-corrected chi connectivity index (χ4v) is 2.04. The van der Waals surface area contributed by atoms with Gasteiger partial charge in [0.1, 0.15) is 0 Å². The zero-order chi connectivity index (χ0) is 10.6. The summed E-state index contributed by atoms with van der Waals surface area (Å²) >= 11 is 0. The van der Waals surface area contributed by atoms with Crippen LogP contribution in [0.4, 0.5) is 0 Å². The topological polar surface area (TPSA) is 61.6 Å². The van der Waals surface area contributed by atoms with Crippen LogP contribution in [-0.4, -0.2) is 29.0 Å². The van der Waals surface area contributed by atoms with Crippen LogP contribution in [0.1, 0.15) is 27.2 Å². The summed E-state index contributed by atoms with van der Waals surface area (Å²) in [6, 6.07) is 0. The lowest BCUT2D eigenvalue weighted by Crippen LogP contribution is -2.28. The summed E-state index contributed by atoms with van der Waals surface area (Å²) in [6.07, 6.45) is 0.491. The first-order valence-corrected chi connectivity index (χ1v) is 4.81. The summed E-state index contributed by atoms with van der Waals surface area (Å²) in [6.45, 7) is 5.81. The maximum absolute atomic E-state index is 10.7. The van der Waals surface area contributed by atoms with Gasteiger partial charge < -0.3 is 9.47 Å². The Hall–Kier alpha value is -0.680. The smallest absolute Gasteiger partial charge is 0.225 e. The molecular weight excluding hydrogens is 186 g/mol. The molecule has 2 fully saturated rings. The Labute approximate surface area is 82.5 Å². The van der Waals surface area contributed by atoms with Crippen LogP contribution in [0.15, 0.2) is 0 Å². The van der Waals surface area contributed by atoms with Crippen molar-refractivity contribution in [2.24, 2.45) is 5.92 Å². The molecule has 0 radical (unpaired) electrons. The summed E-state index contributed by atoms with van der Waals surface area (Å²) in [5, 5.41) is 10.7. The second-order valence-corrected chi connectivity index (χ2v) is 4.79. The van der Waals surface area contributed by atoms with Gasteiger partial charge in [-0.05, 0) is 13.8 Å². The average Bonchev–Trinajstić information content (AvgIpc) is 2.61. The molecule has 1 saturated carbocycles. The van der Waals surface area contributed by atoms with E-state index >= 15 is 0 Å². The maximum Gasteiger partial charge on any atom is 0.225 e. The van der Waals surface area contributed by atoms with Crippen molar-refractivity contribution in [1.82, 2.24) is 0 Å². The van der Waals surface area contributed by atoms with Gasteiger partial charge in [-0.2, -0.15) is 0 Å². The quantitative estimate of drug-likeness (QED) is 0.497. The van der Waals surface area contributed by atoms with Gasteiger partial charge in [-0.3, -0.25) is 10.1 Å². The zero-order valence-electron chi connectivity index (χ0n) is 8.65. The molecule has 5 nitrogen and oxygen atoms in total. The molecule has 14 heavy (non-hydrogen) atoms. The first-order chi connectivity index (χ1) is 6.35. The SMILES string of the molecule is CC1(C)OC[C@H]([C@@H]2C[C@]2(C)[N+](=O)[O-])O1. The van der Waals surface area contributed by atoms with Crippen molar-refractivity contribution in [3.63, 3.8) is 0 Å². The lowest BCUT2D eigenvalue weighted by molar-refractivity contribution is -0.538. The largest absolute Gasteiger partial charge is 0.348 e. The van der Waals surface area contributed by atoms with E-state index in [1.54, 1.807) is 6.92 Å². The van der Waals surface area contributed by atoms with E-state index < -0.39 is 11.3 Å². The molecule has 2 aliphatic rings. The molecule has 0 amide bonds. The number of rotatable bonds is 2. The van der Waals surface area contributed by atoms with Gasteiger partial charge in [0.25, 0.3) is 0 Å². The number of nitrogens with zero attached hydrogens (tertiary/aromatic N) is 1. The predicted molar refractivity (Wildman–Crippen MR) is 48.4 cm³/mol.